The van der Waals surface area contributed by atoms with Gasteiger partial charge >= 0.3 is 6.18 Å². The number of hydrogen-bond acceptors (Lipinski definition) is 4. The SMILES string of the molecule is CCOC(=S)SCC(=O)c1ccc(C(F)(F)F)cc1. The van der Waals surface area contributed by atoms with Crippen LogP contribution >= 0.6 is 24.0 Å². The molecule has 0 radical (unpaired) electrons. The maximum absolute atomic E-state index is 12.3. The third-order valence-electron chi connectivity index (χ3n) is 2.12. The monoisotopic (exact) mass is 308 g/mol. The molecule has 104 valence electrons. The van der Waals surface area contributed by atoms with Gasteiger partial charge in [0.1, 0.15) is 0 Å². The number of Topliss-reactive ketones (excluding diaryl/α,β-unsaturated/α-hetero) is 1. The Hall–Kier alpha value is -1.08. The maximum atomic E-state index is 12.3. The number of thiocarbonyl (C=S) groups is 1. The largest absolute Gasteiger partial charge is 0.479 e. The zero-order valence-electron chi connectivity index (χ0n) is 9.99. The molecule has 0 aliphatic carbocycles. The second-order valence-electron chi connectivity index (χ2n) is 3.47. The highest BCUT2D eigenvalue weighted by molar-refractivity contribution is 8.23. The molecule has 1 aromatic carbocycles. The molecule has 7 heteroatoms. The fourth-order valence-corrected chi connectivity index (χ4v) is 2.12. The van der Waals surface area contributed by atoms with E-state index in [-0.39, 0.29) is 21.5 Å². The minimum atomic E-state index is -4.40. The highest BCUT2D eigenvalue weighted by Gasteiger charge is 2.30. The molecule has 0 aromatic heterocycles. The van der Waals surface area contributed by atoms with Gasteiger partial charge in [0.05, 0.1) is 17.9 Å². The van der Waals surface area contributed by atoms with Gasteiger partial charge in [0.15, 0.2) is 5.78 Å². The van der Waals surface area contributed by atoms with Crippen molar-refractivity contribution < 1.29 is 22.7 Å². The molecule has 0 spiro atoms. The van der Waals surface area contributed by atoms with Crippen LogP contribution in [0.4, 0.5) is 13.2 Å². The molecule has 0 N–H and O–H groups in total. The molecule has 0 amide bonds. The summed E-state index contributed by atoms with van der Waals surface area (Å²) in [6.07, 6.45) is -4.40. The third-order valence-corrected chi connectivity index (χ3v) is 3.35. The Kier molecular flexibility index (Phi) is 5.81. The molecule has 0 saturated carbocycles. The molecule has 0 saturated heterocycles. The van der Waals surface area contributed by atoms with Crippen LogP contribution in [0, 0.1) is 0 Å². The molecule has 1 aromatic rings. The lowest BCUT2D eigenvalue weighted by molar-refractivity contribution is -0.137. The normalized spacial score (nSPS) is 11.2. The average molecular weight is 308 g/mol. The summed E-state index contributed by atoms with van der Waals surface area (Å²) in [7, 11) is 0. The molecule has 2 nitrogen and oxygen atoms in total. The molecule has 0 fully saturated rings. The first-order valence-corrected chi connectivity index (χ1v) is 6.74. The standard InChI is InChI=1S/C12H11F3O2S2/c1-2-17-11(18)19-7-10(16)8-3-5-9(6-4-8)12(13,14)15/h3-6H,2,7H2,1H3. The molecule has 0 aliphatic rings. The van der Waals surface area contributed by atoms with Crippen LogP contribution in [0.15, 0.2) is 24.3 Å². The molecule has 0 unspecified atom stereocenters. The van der Waals surface area contributed by atoms with Crippen LogP contribution in [0.3, 0.4) is 0 Å². The van der Waals surface area contributed by atoms with Crippen molar-refractivity contribution in [3.63, 3.8) is 0 Å². The fourth-order valence-electron chi connectivity index (χ4n) is 1.21. The summed E-state index contributed by atoms with van der Waals surface area (Å²) in [5.41, 5.74) is -0.554. The molecule has 1 rings (SSSR count). The van der Waals surface area contributed by atoms with Crippen LogP contribution in [-0.4, -0.2) is 22.5 Å². The van der Waals surface area contributed by atoms with Gasteiger partial charge in [-0.25, -0.2) is 0 Å². The van der Waals surface area contributed by atoms with Gasteiger partial charge in [0.25, 0.3) is 0 Å². The van der Waals surface area contributed by atoms with E-state index in [4.69, 9.17) is 17.0 Å². The van der Waals surface area contributed by atoms with Gasteiger partial charge in [-0.3, -0.25) is 4.79 Å². The quantitative estimate of drug-likeness (QED) is 0.621. The number of rotatable bonds is 4. The number of ether oxygens (including phenoxy) is 1. The number of alkyl halides is 3. The van der Waals surface area contributed by atoms with Gasteiger partial charge in [0.2, 0.25) is 4.38 Å². The van der Waals surface area contributed by atoms with Crippen LogP contribution < -0.4 is 0 Å². The minimum absolute atomic E-state index is 0.0458. The van der Waals surface area contributed by atoms with E-state index >= 15 is 0 Å². The van der Waals surface area contributed by atoms with Crippen LogP contribution in [0.1, 0.15) is 22.8 Å². The predicted molar refractivity (Wildman–Crippen MR) is 72.5 cm³/mol. The Morgan fingerprint density at radius 3 is 2.37 bits per heavy atom. The molecule has 0 atom stereocenters. The lowest BCUT2D eigenvalue weighted by Crippen LogP contribution is -2.08. The van der Waals surface area contributed by atoms with Crippen molar-refractivity contribution in [2.75, 3.05) is 12.4 Å². The highest BCUT2D eigenvalue weighted by atomic mass is 32.2. The zero-order chi connectivity index (χ0) is 14.5. The highest BCUT2D eigenvalue weighted by Crippen LogP contribution is 2.29. The van der Waals surface area contributed by atoms with E-state index in [0.717, 1.165) is 36.0 Å². The lowest BCUT2D eigenvalue weighted by Gasteiger charge is -2.07. The Labute approximate surface area is 118 Å². The summed E-state index contributed by atoms with van der Waals surface area (Å²) >= 11 is 5.88. The van der Waals surface area contributed by atoms with Gasteiger partial charge in [-0.1, -0.05) is 23.9 Å². The molecule has 0 heterocycles. The number of halogens is 3. The van der Waals surface area contributed by atoms with E-state index in [1.165, 1.54) is 0 Å². The topological polar surface area (TPSA) is 26.3 Å². The number of carbonyl (C=O) groups excluding carboxylic acids is 1. The number of thioether (sulfide) groups is 1. The maximum Gasteiger partial charge on any atom is 0.416 e. The summed E-state index contributed by atoms with van der Waals surface area (Å²) < 4.78 is 42.2. The molecule has 0 bridgehead atoms. The van der Waals surface area contributed by atoms with Crippen molar-refractivity contribution in [3.05, 3.63) is 35.4 Å². The van der Waals surface area contributed by atoms with E-state index < -0.39 is 11.7 Å². The van der Waals surface area contributed by atoms with Gasteiger partial charge in [-0.15, -0.1) is 0 Å². The van der Waals surface area contributed by atoms with Crippen LogP contribution in [0.2, 0.25) is 0 Å². The molecular formula is C12H11F3O2S2. The van der Waals surface area contributed by atoms with Crippen molar-refractivity contribution >= 4 is 34.1 Å². The van der Waals surface area contributed by atoms with Crippen LogP contribution in [-0.2, 0) is 10.9 Å². The summed E-state index contributed by atoms with van der Waals surface area (Å²) in [6.45, 7) is 2.19. The van der Waals surface area contributed by atoms with Crippen molar-refractivity contribution in [1.82, 2.24) is 0 Å². The van der Waals surface area contributed by atoms with Gasteiger partial charge in [0, 0.05) is 5.56 Å². The van der Waals surface area contributed by atoms with Crippen molar-refractivity contribution in [2.24, 2.45) is 0 Å². The van der Waals surface area contributed by atoms with Crippen LogP contribution in [0.25, 0.3) is 0 Å². The second kappa shape index (κ2) is 6.91. The third kappa shape index (κ3) is 5.20. The van der Waals surface area contributed by atoms with Crippen molar-refractivity contribution in [3.8, 4) is 0 Å². The summed E-state index contributed by atoms with van der Waals surface area (Å²) in [6, 6.07) is 4.10. The van der Waals surface area contributed by atoms with E-state index in [1.54, 1.807) is 6.92 Å². The van der Waals surface area contributed by atoms with Gasteiger partial charge in [-0.05, 0) is 31.3 Å². The van der Waals surface area contributed by atoms with Gasteiger partial charge in [-0.2, -0.15) is 13.2 Å². The molecule has 19 heavy (non-hydrogen) atoms. The fraction of sp³-hybridized carbons (Fsp3) is 0.333. The first-order valence-electron chi connectivity index (χ1n) is 5.34. The smallest absolute Gasteiger partial charge is 0.416 e. The van der Waals surface area contributed by atoms with E-state index in [0.29, 0.717) is 6.61 Å². The Morgan fingerprint density at radius 2 is 1.89 bits per heavy atom. The van der Waals surface area contributed by atoms with Crippen molar-refractivity contribution in [1.29, 1.82) is 0 Å². The Bertz CT molecular complexity index is 455. The number of hydrogen-bond donors (Lipinski definition) is 0. The first-order chi connectivity index (χ1) is 8.84. The number of benzene rings is 1. The van der Waals surface area contributed by atoms with E-state index in [2.05, 4.69) is 0 Å². The Balaban J connectivity index is 2.61. The zero-order valence-corrected chi connectivity index (χ0v) is 11.6. The average Bonchev–Trinajstić information content (AvgIpc) is 2.35. The summed E-state index contributed by atoms with van der Waals surface area (Å²) in [4.78, 5) is 11.7. The number of ketones is 1. The van der Waals surface area contributed by atoms with Crippen molar-refractivity contribution in [2.45, 2.75) is 13.1 Å². The molecular weight excluding hydrogens is 297 g/mol. The lowest BCUT2D eigenvalue weighted by atomic mass is 10.1. The minimum Gasteiger partial charge on any atom is -0.479 e. The molecule has 0 aliphatic heterocycles. The second-order valence-corrected chi connectivity index (χ2v) is 5.05. The van der Waals surface area contributed by atoms with Gasteiger partial charge < -0.3 is 4.74 Å². The van der Waals surface area contributed by atoms with E-state index in [9.17, 15) is 18.0 Å². The predicted octanol–water partition coefficient (Wildman–Crippen LogP) is 3.94. The Morgan fingerprint density at radius 1 is 1.32 bits per heavy atom. The number of carbonyl (C=O) groups is 1. The summed E-state index contributed by atoms with van der Waals surface area (Å²) in [5, 5.41) is 0. The van der Waals surface area contributed by atoms with Crippen LogP contribution in [0.5, 0.6) is 0 Å². The van der Waals surface area contributed by atoms with E-state index in [1.807, 2.05) is 0 Å². The first kappa shape index (κ1) is 16.0. The summed E-state index contributed by atoms with van der Waals surface area (Å²) in [5.74, 6) is -0.245.